The molecule has 0 saturated heterocycles. The lowest BCUT2D eigenvalue weighted by atomic mass is 10.1. The summed E-state index contributed by atoms with van der Waals surface area (Å²) in [5, 5.41) is 29.6. The van der Waals surface area contributed by atoms with Crippen molar-refractivity contribution in [1.29, 1.82) is 10.5 Å². The summed E-state index contributed by atoms with van der Waals surface area (Å²) in [7, 11) is 0. The van der Waals surface area contributed by atoms with Gasteiger partial charge in [0, 0.05) is 5.69 Å². The van der Waals surface area contributed by atoms with Crippen LogP contribution in [0.1, 0.15) is 11.1 Å². The Morgan fingerprint density at radius 1 is 1.05 bits per heavy atom. The smallest absolute Gasteiger partial charge is 0.266 e. The van der Waals surface area contributed by atoms with Crippen molar-refractivity contribution in [2.75, 3.05) is 5.32 Å². The molecule has 0 saturated carbocycles. The van der Waals surface area contributed by atoms with Crippen molar-refractivity contribution in [1.82, 2.24) is 0 Å². The summed E-state index contributed by atoms with van der Waals surface area (Å²) >= 11 is 0. The van der Waals surface area contributed by atoms with E-state index in [4.69, 9.17) is 10.5 Å². The molecule has 106 valence electrons. The highest BCUT2D eigenvalue weighted by Gasteiger charge is 2.09. The average molecular weight is 289 g/mol. The number of benzene rings is 2. The van der Waals surface area contributed by atoms with E-state index in [0.717, 1.165) is 0 Å². The van der Waals surface area contributed by atoms with E-state index in [0.29, 0.717) is 16.8 Å². The number of carbonyl (C=O) groups is 1. The van der Waals surface area contributed by atoms with Crippen molar-refractivity contribution in [2.24, 2.45) is 0 Å². The predicted octanol–water partition coefficient (Wildman–Crippen LogP) is 2.81. The monoisotopic (exact) mass is 289 g/mol. The van der Waals surface area contributed by atoms with Crippen molar-refractivity contribution in [3.05, 3.63) is 65.2 Å². The third-order valence-electron chi connectivity index (χ3n) is 2.84. The van der Waals surface area contributed by atoms with E-state index in [9.17, 15) is 9.90 Å². The van der Waals surface area contributed by atoms with Crippen LogP contribution in [0.4, 0.5) is 5.69 Å². The molecule has 1 amide bonds. The molecule has 2 aromatic rings. The van der Waals surface area contributed by atoms with E-state index in [-0.39, 0.29) is 11.3 Å². The number of anilines is 1. The first kappa shape index (κ1) is 14.8. The van der Waals surface area contributed by atoms with E-state index in [2.05, 4.69) is 5.32 Å². The van der Waals surface area contributed by atoms with Crippen LogP contribution in [-0.4, -0.2) is 11.0 Å². The van der Waals surface area contributed by atoms with E-state index < -0.39 is 5.91 Å². The second kappa shape index (κ2) is 6.74. The Morgan fingerprint density at radius 3 is 2.23 bits per heavy atom. The lowest BCUT2D eigenvalue weighted by Gasteiger charge is -2.04. The standard InChI is InChI=1S/C17H11N3O2/c18-10-13-3-1-12(2-4-13)9-14(11-19)17(22)20-15-5-7-16(21)8-6-15/h1-9,21H,(H,20,22)/b14-9-. The number of nitrogens with zero attached hydrogens (tertiary/aromatic N) is 2. The van der Waals surface area contributed by atoms with Crippen LogP contribution in [0, 0.1) is 22.7 Å². The molecule has 0 aliphatic carbocycles. The van der Waals surface area contributed by atoms with Crippen LogP contribution in [0.3, 0.4) is 0 Å². The first-order chi connectivity index (χ1) is 10.6. The minimum absolute atomic E-state index is 0.0576. The van der Waals surface area contributed by atoms with Crippen molar-refractivity contribution in [3.8, 4) is 17.9 Å². The fourth-order valence-electron chi connectivity index (χ4n) is 1.71. The molecular weight excluding hydrogens is 278 g/mol. The van der Waals surface area contributed by atoms with Crippen LogP contribution < -0.4 is 5.32 Å². The van der Waals surface area contributed by atoms with Crippen LogP contribution in [0.2, 0.25) is 0 Å². The fourth-order valence-corrected chi connectivity index (χ4v) is 1.71. The molecule has 2 rings (SSSR count). The molecule has 0 aromatic heterocycles. The highest BCUT2D eigenvalue weighted by Crippen LogP contribution is 2.15. The summed E-state index contributed by atoms with van der Waals surface area (Å²) in [6.07, 6.45) is 1.44. The lowest BCUT2D eigenvalue weighted by molar-refractivity contribution is -0.112. The molecule has 0 aliphatic heterocycles. The number of hydrogen-bond donors (Lipinski definition) is 2. The predicted molar refractivity (Wildman–Crippen MR) is 81.5 cm³/mol. The normalized spacial score (nSPS) is 10.4. The Balaban J connectivity index is 2.17. The van der Waals surface area contributed by atoms with Gasteiger partial charge in [-0.15, -0.1) is 0 Å². The zero-order valence-corrected chi connectivity index (χ0v) is 11.4. The molecule has 0 spiro atoms. The van der Waals surface area contributed by atoms with E-state index in [1.54, 1.807) is 24.3 Å². The summed E-state index contributed by atoms with van der Waals surface area (Å²) in [6, 6.07) is 16.3. The summed E-state index contributed by atoms with van der Waals surface area (Å²) in [5.74, 6) is -0.454. The average Bonchev–Trinajstić information content (AvgIpc) is 2.55. The number of hydrogen-bond acceptors (Lipinski definition) is 4. The lowest BCUT2D eigenvalue weighted by Crippen LogP contribution is -2.13. The van der Waals surface area contributed by atoms with Gasteiger partial charge < -0.3 is 10.4 Å². The number of amides is 1. The van der Waals surface area contributed by atoms with Crippen LogP contribution in [0.25, 0.3) is 6.08 Å². The largest absolute Gasteiger partial charge is 0.508 e. The van der Waals surface area contributed by atoms with E-state index in [1.807, 2.05) is 12.1 Å². The van der Waals surface area contributed by atoms with Crippen LogP contribution in [-0.2, 0) is 4.79 Å². The van der Waals surface area contributed by atoms with Crippen LogP contribution >= 0.6 is 0 Å². The van der Waals surface area contributed by atoms with E-state index in [1.165, 1.54) is 30.3 Å². The maximum absolute atomic E-state index is 12.0. The Morgan fingerprint density at radius 2 is 1.68 bits per heavy atom. The number of rotatable bonds is 3. The molecule has 22 heavy (non-hydrogen) atoms. The van der Waals surface area contributed by atoms with Crippen molar-refractivity contribution in [2.45, 2.75) is 0 Å². The van der Waals surface area contributed by atoms with Gasteiger partial charge >= 0.3 is 0 Å². The molecule has 2 aromatic carbocycles. The van der Waals surface area contributed by atoms with Gasteiger partial charge in [-0.1, -0.05) is 12.1 Å². The van der Waals surface area contributed by atoms with E-state index >= 15 is 0 Å². The molecule has 0 radical (unpaired) electrons. The number of phenols is 1. The third kappa shape index (κ3) is 3.72. The van der Waals surface area contributed by atoms with Gasteiger partial charge in [-0.25, -0.2) is 0 Å². The van der Waals surface area contributed by atoms with Gasteiger partial charge in [-0.3, -0.25) is 4.79 Å². The molecule has 0 atom stereocenters. The maximum Gasteiger partial charge on any atom is 0.266 e. The summed E-state index contributed by atoms with van der Waals surface area (Å²) < 4.78 is 0. The molecular formula is C17H11N3O2. The van der Waals surface area contributed by atoms with Gasteiger partial charge in [-0.05, 0) is 48.0 Å². The van der Waals surface area contributed by atoms with Gasteiger partial charge in [0.1, 0.15) is 17.4 Å². The molecule has 2 N–H and O–H groups in total. The van der Waals surface area contributed by atoms with Gasteiger partial charge in [0.2, 0.25) is 0 Å². The highest BCUT2D eigenvalue weighted by molar-refractivity contribution is 6.09. The molecule has 0 aliphatic rings. The molecule has 0 heterocycles. The Labute approximate surface area is 127 Å². The SMILES string of the molecule is N#C/C(=C/c1ccc(C#N)cc1)C(=O)Nc1ccc(O)cc1. The van der Waals surface area contributed by atoms with Gasteiger partial charge in [0.05, 0.1) is 11.6 Å². The molecule has 5 heteroatoms. The molecule has 0 unspecified atom stereocenters. The van der Waals surface area contributed by atoms with Crippen LogP contribution in [0.5, 0.6) is 5.75 Å². The van der Waals surface area contributed by atoms with Crippen molar-refractivity contribution >= 4 is 17.7 Å². The van der Waals surface area contributed by atoms with Crippen molar-refractivity contribution < 1.29 is 9.90 Å². The quantitative estimate of drug-likeness (QED) is 0.515. The number of carbonyl (C=O) groups excluding carboxylic acids is 1. The zero-order chi connectivity index (χ0) is 15.9. The first-order valence-corrected chi connectivity index (χ1v) is 6.35. The molecule has 0 bridgehead atoms. The van der Waals surface area contributed by atoms with Gasteiger partial charge in [-0.2, -0.15) is 10.5 Å². The number of nitriles is 2. The second-order valence-electron chi connectivity index (χ2n) is 4.40. The highest BCUT2D eigenvalue weighted by atomic mass is 16.3. The summed E-state index contributed by atoms with van der Waals surface area (Å²) in [5.41, 5.74) is 1.57. The van der Waals surface area contributed by atoms with Crippen LogP contribution in [0.15, 0.2) is 54.1 Å². The molecule has 0 fully saturated rings. The minimum atomic E-state index is -0.544. The third-order valence-corrected chi connectivity index (χ3v) is 2.84. The molecule has 5 nitrogen and oxygen atoms in total. The number of phenolic OH excluding ortho intramolecular Hbond substituents is 1. The fraction of sp³-hybridized carbons (Fsp3) is 0. The first-order valence-electron chi connectivity index (χ1n) is 6.35. The Kier molecular flexibility index (Phi) is 4.54. The summed E-state index contributed by atoms with van der Waals surface area (Å²) in [6.45, 7) is 0. The van der Waals surface area contributed by atoms with Crippen molar-refractivity contribution in [3.63, 3.8) is 0 Å². The number of aromatic hydroxyl groups is 1. The topological polar surface area (TPSA) is 96.9 Å². The second-order valence-corrected chi connectivity index (χ2v) is 4.40. The zero-order valence-electron chi connectivity index (χ0n) is 11.4. The number of nitrogens with one attached hydrogen (secondary N) is 1. The Hall–Kier alpha value is -3.57. The van der Waals surface area contributed by atoms with Gasteiger partial charge in [0.15, 0.2) is 0 Å². The Bertz CT molecular complexity index is 792. The maximum atomic E-state index is 12.0. The summed E-state index contributed by atoms with van der Waals surface area (Å²) in [4.78, 5) is 12.0. The van der Waals surface area contributed by atoms with Gasteiger partial charge in [0.25, 0.3) is 5.91 Å². The minimum Gasteiger partial charge on any atom is -0.508 e.